The molecule has 116 valence electrons. The molecule has 0 amide bonds. The third-order valence-corrected chi connectivity index (χ3v) is 3.34. The van der Waals surface area contributed by atoms with Gasteiger partial charge in [0.2, 0.25) is 0 Å². The van der Waals surface area contributed by atoms with E-state index in [2.05, 4.69) is 0 Å². The molecule has 6 heteroatoms. The molecule has 0 aromatic heterocycles. The number of hydrogen-bond acceptors (Lipinski definition) is 4. The molecule has 0 atom stereocenters. The largest absolute Gasteiger partial charge is 0.493 e. The Kier molecular flexibility index (Phi) is 5.12. The number of halogens is 1. The van der Waals surface area contributed by atoms with Gasteiger partial charge in [-0.2, -0.15) is 0 Å². The molecule has 0 saturated carbocycles. The van der Waals surface area contributed by atoms with Crippen LogP contribution in [0.1, 0.15) is 5.56 Å². The van der Waals surface area contributed by atoms with Crippen molar-refractivity contribution in [2.24, 2.45) is 0 Å². The average Bonchev–Trinajstić information content (AvgIpc) is 2.50. The molecule has 22 heavy (non-hydrogen) atoms. The summed E-state index contributed by atoms with van der Waals surface area (Å²) in [5, 5.41) is 9.33. The van der Waals surface area contributed by atoms with Gasteiger partial charge in [0.15, 0.2) is 11.5 Å². The normalized spacial score (nSPS) is 10.1. The van der Waals surface area contributed by atoms with Crippen molar-refractivity contribution in [1.82, 2.24) is 0 Å². The maximum atomic E-state index is 11.0. The van der Waals surface area contributed by atoms with Crippen molar-refractivity contribution < 1.29 is 24.1 Å². The van der Waals surface area contributed by atoms with Crippen LogP contribution in [0.3, 0.4) is 0 Å². The number of aliphatic carboxylic acids is 1. The van der Waals surface area contributed by atoms with E-state index in [4.69, 9.17) is 30.9 Å². The summed E-state index contributed by atoms with van der Waals surface area (Å²) in [6.45, 7) is 0. The van der Waals surface area contributed by atoms with Crippen molar-refractivity contribution in [3.63, 3.8) is 0 Å². The number of carboxylic acid groups (broad SMARTS) is 1. The molecule has 0 bridgehead atoms. The fourth-order valence-corrected chi connectivity index (χ4v) is 2.20. The Bertz CT molecular complexity index is 684. The quantitative estimate of drug-likeness (QED) is 0.876. The van der Waals surface area contributed by atoms with Crippen LogP contribution in [0.4, 0.5) is 0 Å². The second-order valence-electron chi connectivity index (χ2n) is 4.41. The second-order valence-corrected chi connectivity index (χ2v) is 4.81. The maximum Gasteiger partial charge on any atom is 0.308 e. The van der Waals surface area contributed by atoms with Gasteiger partial charge in [-0.3, -0.25) is 4.79 Å². The van der Waals surface area contributed by atoms with Gasteiger partial charge in [0.05, 0.1) is 20.6 Å². The summed E-state index contributed by atoms with van der Waals surface area (Å²) < 4.78 is 16.1. The number of carbonyl (C=O) groups is 1. The second kappa shape index (κ2) is 7.04. The van der Waals surface area contributed by atoms with Crippen LogP contribution < -0.4 is 14.2 Å². The smallest absolute Gasteiger partial charge is 0.308 e. The molecule has 2 rings (SSSR count). The van der Waals surface area contributed by atoms with Gasteiger partial charge in [0.1, 0.15) is 11.5 Å². The van der Waals surface area contributed by atoms with E-state index >= 15 is 0 Å². The van der Waals surface area contributed by atoms with Crippen LogP contribution in [0.2, 0.25) is 5.02 Å². The molecule has 0 unspecified atom stereocenters. The molecule has 2 aromatic carbocycles. The highest BCUT2D eigenvalue weighted by molar-refractivity contribution is 6.31. The molecule has 0 fully saturated rings. The Hall–Kier alpha value is -2.40. The highest BCUT2D eigenvalue weighted by Gasteiger charge is 2.14. The first kappa shape index (κ1) is 16.0. The van der Waals surface area contributed by atoms with E-state index < -0.39 is 5.97 Å². The van der Waals surface area contributed by atoms with Crippen molar-refractivity contribution in [3.8, 4) is 23.0 Å². The van der Waals surface area contributed by atoms with E-state index in [1.807, 2.05) is 0 Å². The Labute approximate surface area is 133 Å². The van der Waals surface area contributed by atoms with Crippen molar-refractivity contribution in [2.75, 3.05) is 14.2 Å². The van der Waals surface area contributed by atoms with Crippen LogP contribution in [0, 0.1) is 0 Å². The number of ether oxygens (including phenoxy) is 3. The fourth-order valence-electron chi connectivity index (χ4n) is 1.96. The number of carboxylic acids is 1. The third kappa shape index (κ3) is 3.62. The topological polar surface area (TPSA) is 65.0 Å². The molecule has 2 aromatic rings. The molecular weight excluding hydrogens is 308 g/mol. The monoisotopic (exact) mass is 322 g/mol. The predicted octanol–water partition coefficient (Wildman–Crippen LogP) is 3.78. The lowest BCUT2D eigenvalue weighted by molar-refractivity contribution is -0.136. The lowest BCUT2D eigenvalue weighted by Crippen LogP contribution is -2.03. The van der Waals surface area contributed by atoms with Gasteiger partial charge in [0, 0.05) is 16.7 Å². The van der Waals surface area contributed by atoms with Gasteiger partial charge in [0.25, 0.3) is 0 Å². The van der Waals surface area contributed by atoms with E-state index in [9.17, 15) is 4.79 Å². The fraction of sp³-hybridized carbons (Fsp3) is 0.188. The van der Waals surface area contributed by atoms with Crippen molar-refractivity contribution in [2.45, 2.75) is 6.42 Å². The zero-order chi connectivity index (χ0) is 16.1. The maximum absolute atomic E-state index is 11.0. The van der Waals surface area contributed by atoms with Crippen LogP contribution in [0.15, 0.2) is 36.4 Å². The highest BCUT2D eigenvalue weighted by Crippen LogP contribution is 2.35. The molecule has 0 saturated heterocycles. The lowest BCUT2D eigenvalue weighted by atomic mass is 10.1. The minimum atomic E-state index is -0.981. The first-order valence-corrected chi connectivity index (χ1v) is 6.82. The first-order valence-electron chi connectivity index (χ1n) is 6.44. The number of hydrogen-bond donors (Lipinski definition) is 1. The van der Waals surface area contributed by atoms with Crippen LogP contribution in [-0.4, -0.2) is 25.3 Å². The van der Waals surface area contributed by atoms with E-state index in [1.165, 1.54) is 7.11 Å². The number of benzene rings is 2. The third-order valence-electron chi connectivity index (χ3n) is 2.99. The van der Waals surface area contributed by atoms with Crippen molar-refractivity contribution >= 4 is 17.6 Å². The number of rotatable bonds is 6. The summed E-state index contributed by atoms with van der Waals surface area (Å²) in [5.74, 6) is 0.993. The highest BCUT2D eigenvalue weighted by atomic mass is 35.5. The summed E-state index contributed by atoms with van der Waals surface area (Å²) in [6.07, 6.45) is -0.220. The molecule has 1 N–H and O–H groups in total. The average molecular weight is 323 g/mol. The van der Waals surface area contributed by atoms with E-state index in [-0.39, 0.29) is 6.42 Å². The van der Waals surface area contributed by atoms with Gasteiger partial charge in [-0.05, 0) is 24.3 Å². The SMILES string of the molecule is COc1ccc(Oc2cccc(Cl)c2CC(=O)O)cc1OC. The predicted molar refractivity (Wildman–Crippen MR) is 82.4 cm³/mol. The van der Waals surface area contributed by atoms with E-state index in [1.54, 1.807) is 43.5 Å². The lowest BCUT2D eigenvalue weighted by Gasteiger charge is -2.13. The van der Waals surface area contributed by atoms with Gasteiger partial charge >= 0.3 is 5.97 Å². The Morgan fingerprint density at radius 3 is 2.45 bits per heavy atom. The molecule has 0 aliphatic heterocycles. The molecular formula is C16H15ClO5. The first-order chi connectivity index (χ1) is 10.5. The van der Waals surface area contributed by atoms with Crippen molar-refractivity contribution in [3.05, 3.63) is 47.0 Å². The molecule has 0 aliphatic rings. The standard InChI is InChI=1S/C16H15ClO5/c1-20-14-7-6-10(8-15(14)21-2)22-13-5-3-4-12(17)11(13)9-16(18)19/h3-8H,9H2,1-2H3,(H,18,19). The molecule has 0 spiro atoms. The Balaban J connectivity index is 2.35. The van der Waals surface area contributed by atoms with Crippen LogP contribution in [-0.2, 0) is 11.2 Å². The summed E-state index contributed by atoms with van der Waals surface area (Å²) in [6, 6.07) is 10.1. The molecule has 5 nitrogen and oxygen atoms in total. The molecule has 0 heterocycles. The Morgan fingerprint density at radius 2 is 1.82 bits per heavy atom. The number of methoxy groups -OCH3 is 2. The minimum Gasteiger partial charge on any atom is -0.493 e. The molecule has 0 aliphatic carbocycles. The van der Waals surface area contributed by atoms with Gasteiger partial charge in [-0.15, -0.1) is 0 Å². The Morgan fingerprint density at radius 1 is 1.09 bits per heavy atom. The zero-order valence-corrected chi connectivity index (χ0v) is 12.9. The van der Waals surface area contributed by atoms with E-state index in [0.717, 1.165) is 0 Å². The van der Waals surface area contributed by atoms with E-state index in [0.29, 0.717) is 33.6 Å². The van der Waals surface area contributed by atoms with Gasteiger partial charge < -0.3 is 19.3 Å². The zero-order valence-electron chi connectivity index (χ0n) is 12.1. The van der Waals surface area contributed by atoms with Crippen molar-refractivity contribution in [1.29, 1.82) is 0 Å². The summed E-state index contributed by atoms with van der Waals surface area (Å²) in [7, 11) is 3.07. The summed E-state index contributed by atoms with van der Waals surface area (Å²) in [4.78, 5) is 11.0. The van der Waals surface area contributed by atoms with Crippen LogP contribution >= 0.6 is 11.6 Å². The van der Waals surface area contributed by atoms with Gasteiger partial charge in [-0.1, -0.05) is 17.7 Å². The molecule has 0 radical (unpaired) electrons. The summed E-state index contributed by atoms with van der Waals surface area (Å²) >= 11 is 6.06. The minimum absolute atomic E-state index is 0.220. The van der Waals surface area contributed by atoms with Crippen LogP contribution in [0.25, 0.3) is 0 Å². The summed E-state index contributed by atoms with van der Waals surface area (Å²) in [5.41, 5.74) is 0.423. The van der Waals surface area contributed by atoms with Gasteiger partial charge in [-0.25, -0.2) is 0 Å². The van der Waals surface area contributed by atoms with Crippen LogP contribution in [0.5, 0.6) is 23.0 Å².